The van der Waals surface area contributed by atoms with Crippen LogP contribution in [-0.2, 0) is 16.0 Å². The molecule has 1 rings (SSSR count). The van der Waals surface area contributed by atoms with Gasteiger partial charge in [-0.2, -0.15) is 0 Å². The van der Waals surface area contributed by atoms with Crippen LogP contribution in [0.4, 0.5) is 4.79 Å². The van der Waals surface area contributed by atoms with Crippen molar-refractivity contribution in [1.29, 1.82) is 0 Å². The zero-order chi connectivity index (χ0) is 20.0. The maximum absolute atomic E-state index is 10.4. The van der Waals surface area contributed by atoms with E-state index in [1.54, 1.807) is 0 Å². The number of benzene rings is 1. The van der Waals surface area contributed by atoms with E-state index in [1.807, 2.05) is 18.2 Å². The molecule has 26 heavy (non-hydrogen) atoms. The topological polar surface area (TPSA) is 95.4 Å². The summed E-state index contributed by atoms with van der Waals surface area (Å²) >= 11 is 0. The van der Waals surface area contributed by atoms with Crippen LogP contribution in [0.3, 0.4) is 0 Å². The minimum Gasteiger partial charge on any atom is -0.450 e. The highest BCUT2D eigenvalue weighted by Crippen LogP contribution is 2.05. The van der Waals surface area contributed by atoms with Crippen molar-refractivity contribution in [2.45, 2.75) is 78.6 Å². The van der Waals surface area contributed by atoms with E-state index in [-0.39, 0.29) is 8.76 Å². The van der Waals surface area contributed by atoms with Gasteiger partial charge in [-0.1, -0.05) is 76.8 Å². The van der Waals surface area contributed by atoms with Gasteiger partial charge in [-0.25, -0.2) is 4.79 Å². The smallest absolute Gasteiger partial charge is 0.404 e. The van der Waals surface area contributed by atoms with Crippen LogP contribution in [-0.4, -0.2) is 18.6 Å². The maximum atomic E-state index is 10.4. The summed E-state index contributed by atoms with van der Waals surface area (Å²) in [7, 11) is 0. The summed E-state index contributed by atoms with van der Waals surface area (Å²) in [5.74, 6) is -0.201. The molecular formula is C21H42N2O3. The molecule has 0 heterocycles. The van der Waals surface area contributed by atoms with E-state index in [1.165, 1.54) is 24.8 Å². The molecular weight excluding hydrogens is 328 g/mol. The summed E-state index contributed by atoms with van der Waals surface area (Å²) in [6.45, 7) is 6.85. The van der Waals surface area contributed by atoms with Crippen molar-refractivity contribution < 1.29 is 17.2 Å². The predicted molar refractivity (Wildman–Crippen MR) is 113 cm³/mol. The fraction of sp³-hybridized carbons (Fsp3) is 0.619. The van der Waals surface area contributed by atoms with E-state index in [9.17, 15) is 9.59 Å². The van der Waals surface area contributed by atoms with Gasteiger partial charge >= 0.3 is 6.09 Å². The van der Waals surface area contributed by atoms with Crippen LogP contribution in [0.2, 0.25) is 0 Å². The number of aryl methyl sites for hydroxylation is 1. The normalized spacial score (nSPS) is 9.19. The van der Waals surface area contributed by atoms with Crippen LogP contribution < -0.4 is 11.5 Å². The Morgan fingerprint density at radius 2 is 1.54 bits per heavy atom. The maximum Gasteiger partial charge on any atom is 0.404 e. The molecule has 0 radical (unpaired) electrons. The van der Waals surface area contributed by atoms with Crippen LogP contribution in [0.25, 0.3) is 0 Å². The van der Waals surface area contributed by atoms with Gasteiger partial charge in [0.1, 0.15) is 0 Å². The number of carbonyl (C=O) groups is 2. The van der Waals surface area contributed by atoms with Crippen LogP contribution in [0.5, 0.6) is 0 Å². The van der Waals surface area contributed by atoms with Crippen LogP contribution >= 0.6 is 0 Å². The summed E-state index contributed by atoms with van der Waals surface area (Å²) in [6.07, 6.45) is 8.48. The molecule has 1 aromatic rings. The van der Waals surface area contributed by atoms with Gasteiger partial charge in [-0.05, 0) is 31.2 Å². The number of carbonyl (C=O) groups excluding carboxylic acids is 2. The zero-order valence-corrected chi connectivity index (χ0v) is 16.8. The van der Waals surface area contributed by atoms with E-state index >= 15 is 0 Å². The Hall–Kier alpha value is -2.04. The largest absolute Gasteiger partial charge is 0.450 e. The van der Waals surface area contributed by atoms with Crippen molar-refractivity contribution in [1.82, 2.24) is 0 Å². The molecule has 5 nitrogen and oxygen atoms in total. The molecule has 0 bridgehead atoms. The molecule has 0 saturated carbocycles. The Morgan fingerprint density at radius 3 is 2.04 bits per heavy atom. The molecule has 5 heteroatoms. The highest BCUT2D eigenvalue weighted by Gasteiger charge is 1.95. The molecule has 0 aliphatic heterocycles. The first-order valence-corrected chi connectivity index (χ1v) is 9.72. The molecule has 0 aliphatic rings. The molecule has 4 N–H and O–H groups in total. The molecule has 0 unspecified atom stereocenters. The highest BCUT2D eigenvalue weighted by atomic mass is 16.5. The number of hydrogen-bond acceptors (Lipinski definition) is 3. The van der Waals surface area contributed by atoms with Crippen molar-refractivity contribution in [2.24, 2.45) is 11.5 Å². The van der Waals surface area contributed by atoms with Gasteiger partial charge < -0.3 is 16.2 Å². The van der Waals surface area contributed by atoms with Crippen LogP contribution in [0.15, 0.2) is 30.3 Å². The minimum absolute atomic E-state index is 0. The summed E-state index contributed by atoms with van der Waals surface area (Å²) in [6, 6.07) is 10.3. The van der Waals surface area contributed by atoms with Crippen molar-refractivity contribution in [3.63, 3.8) is 0 Å². The van der Waals surface area contributed by atoms with Gasteiger partial charge in [0, 0.05) is 9.27 Å². The van der Waals surface area contributed by atoms with Crippen molar-refractivity contribution >= 4 is 12.0 Å². The molecule has 2 amide bonds. The fourth-order valence-electron chi connectivity index (χ4n) is 1.97. The molecule has 0 aromatic heterocycles. The van der Waals surface area contributed by atoms with Crippen LogP contribution in [0.1, 0.15) is 80.6 Å². The molecule has 0 aliphatic carbocycles. The number of primary amides is 2. The number of hydrogen-bond donors (Lipinski definition) is 2. The lowest BCUT2D eigenvalue weighted by Gasteiger charge is -1.99. The van der Waals surface area contributed by atoms with Gasteiger partial charge in [0.25, 0.3) is 0 Å². The summed E-state index contributed by atoms with van der Waals surface area (Å²) in [4.78, 5) is 20.5. The lowest BCUT2D eigenvalue weighted by molar-refractivity contribution is -0.118. The second-order valence-electron chi connectivity index (χ2n) is 6.09. The second-order valence-corrected chi connectivity index (χ2v) is 6.09. The molecule has 1 aromatic carbocycles. The lowest BCUT2D eigenvalue weighted by Crippen LogP contribution is -2.13. The molecule has 0 fully saturated rings. The number of nitrogens with two attached hydrogens (primary N) is 2. The third-order valence-corrected chi connectivity index (χ3v) is 3.22. The lowest BCUT2D eigenvalue weighted by atomic mass is 10.1. The van der Waals surface area contributed by atoms with E-state index in [4.69, 9.17) is 11.5 Å². The molecule has 0 saturated heterocycles. The third-order valence-electron chi connectivity index (χ3n) is 3.22. The SMILES string of the molecule is CCC.CCCCCCOC(N)=O.NC(=O)CCCCc1ccccc1.[HH].[HH]. The fourth-order valence-corrected chi connectivity index (χ4v) is 1.97. The molecule has 0 atom stereocenters. The standard InChI is InChI=1S/C11H15NO.C7H15NO2.C3H8.2H2/c12-11(13)9-5-4-8-10-6-2-1-3-7-10;1-2-3-4-5-6-10-7(8)9;1-3-2;;/h1-3,6-7H,4-5,8-9H2,(H2,12,13);2-6H2,1H3,(H2,8,9);3H2,1-2H3;2*1H. The van der Waals surface area contributed by atoms with E-state index < -0.39 is 6.09 Å². The quantitative estimate of drug-likeness (QED) is 0.536. The Labute approximate surface area is 162 Å². The predicted octanol–water partition coefficient (Wildman–Crippen LogP) is 5.46. The van der Waals surface area contributed by atoms with E-state index in [2.05, 4.69) is 37.6 Å². The van der Waals surface area contributed by atoms with Gasteiger partial charge in [-0.15, -0.1) is 0 Å². The monoisotopic (exact) mass is 370 g/mol. The molecule has 154 valence electrons. The molecule has 0 spiro atoms. The highest BCUT2D eigenvalue weighted by molar-refractivity contribution is 5.73. The van der Waals surface area contributed by atoms with E-state index in [0.29, 0.717) is 13.0 Å². The first-order chi connectivity index (χ1) is 12.5. The van der Waals surface area contributed by atoms with Crippen molar-refractivity contribution in [3.05, 3.63) is 35.9 Å². The van der Waals surface area contributed by atoms with Crippen molar-refractivity contribution in [2.75, 3.05) is 6.61 Å². The first-order valence-electron chi connectivity index (χ1n) is 9.72. The summed E-state index contributed by atoms with van der Waals surface area (Å²) < 4.78 is 4.53. The number of rotatable bonds is 10. The Bertz CT molecular complexity index is 447. The van der Waals surface area contributed by atoms with Crippen LogP contribution in [0, 0.1) is 0 Å². The van der Waals surface area contributed by atoms with Crippen molar-refractivity contribution in [3.8, 4) is 0 Å². The van der Waals surface area contributed by atoms with Gasteiger partial charge in [0.15, 0.2) is 0 Å². The van der Waals surface area contributed by atoms with Gasteiger partial charge in [0.05, 0.1) is 6.61 Å². The number of amides is 2. The zero-order valence-electron chi connectivity index (χ0n) is 16.8. The average Bonchev–Trinajstić information content (AvgIpc) is 2.60. The Kier molecular flexibility index (Phi) is 21.2. The average molecular weight is 371 g/mol. The first kappa shape index (κ1) is 26.2. The Balaban J connectivity index is -0.000000174. The second kappa shape index (κ2) is 21.0. The van der Waals surface area contributed by atoms with Gasteiger partial charge in [0.2, 0.25) is 5.91 Å². The minimum atomic E-state index is -0.670. The Morgan fingerprint density at radius 1 is 0.923 bits per heavy atom. The summed E-state index contributed by atoms with van der Waals surface area (Å²) in [5, 5.41) is 0. The summed E-state index contributed by atoms with van der Waals surface area (Å²) in [5.41, 5.74) is 11.1. The van der Waals surface area contributed by atoms with E-state index in [0.717, 1.165) is 32.1 Å². The number of ether oxygens (including phenoxy) is 1. The third kappa shape index (κ3) is 24.2. The van der Waals surface area contributed by atoms with Gasteiger partial charge in [-0.3, -0.25) is 4.79 Å². The number of unbranched alkanes of at least 4 members (excludes halogenated alkanes) is 4.